The van der Waals surface area contributed by atoms with Crippen LogP contribution in [-0.4, -0.2) is 29.2 Å². The fourth-order valence-corrected chi connectivity index (χ4v) is 5.48. The smallest absolute Gasteiger partial charge is 0.341 e. The van der Waals surface area contributed by atoms with E-state index in [-0.39, 0.29) is 18.3 Å². The van der Waals surface area contributed by atoms with Gasteiger partial charge in [-0.2, -0.15) is 5.26 Å². The molecule has 2 aromatic heterocycles. The molecule has 0 aliphatic heterocycles. The molecule has 2 aromatic rings. The molecule has 8 heteroatoms. The fraction of sp³-hybridized carbons (Fsp3) is 0.429. The van der Waals surface area contributed by atoms with Crippen LogP contribution in [0.3, 0.4) is 0 Å². The highest BCUT2D eigenvalue weighted by molar-refractivity contribution is 7.99. The first-order valence-corrected chi connectivity index (χ1v) is 11.5. The number of ether oxygens (including phenoxy) is 1. The number of aromatic nitrogens is 1. The molecule has 0 aromatic carbocycles. The van der Waals surface area contributed by atoms with Crippen LogP contribution in [0.4, 0.5) is 5.00 Å². The number of rotatable bonds is 7. The summed E-state index contributed by atoms with van der Waals surface area (Å²) in [6.07, 6.45) is 4.20. The Morgan fingerprint density at radius 2 is 2.14 bits per heavy atom. The van der Waals surface area contributed by atoms with Crippen LogP contribution < -0.4 is 5.32 Å². The van der Waals surface area contributed by atoms with Crippen molar-refractivity contribution in [3.05, 3.63) is 39.4 Å². The number of thioether (sulfide) groups is 1. The number of pyridine rings is 1. The maximum Gasteiger partial charge on any atom is 0.341 e. The van der Waals surface area contributed by atoms with E-state index in [1.54, 1.807) is 19.1 Å². The van der Waals surface area contributed by atoms with Crippen molar-refractivity contribution in [2.45, 2.75) is 51.0 Å². The first kappa shape index (κ1) is 21.3. The largest absolute Gasteiger partial charge is 0.462 e. The van der Waals surface area contributed by atoms with Crippen LogP contribution in [0, 0.1) is 18.3 Å². The number of anilines is 1. The third kappa shape index (κ3) is 5.17. The van der Waals surface area contributed by atoms with Crippen LogP contribution in [0.1, 0.15) is 58.2 Å². The average Bonchev–Trinajstić information content (AvgIpc) is 3.06. The van der Waals surface area contributed by atoms with Gasteiger partial charge in [-0.25, -0.2) is 9.78 Å². The van der Waals surface area contributed by atoms with E-state index in [4.69, 9.17) is 4.74 Å². The van der Waals surface area contributed by atoms with Crippen molar-refractivity contribution < 1.29 is 14.3 Å². The van der Waals surface area contributed by atoms with Gasteiger partial charge in [0.05, 0.1) is 17.7 Å². The maximum absolute atomic E-state index is 12.5. The number of aryl methyl sites for hydroxylation is 2. The molecule has 0 spiro atoms. The second kappa shape index (κ2) is 9.90. The molecular weight excluding hydrogens is 406 g/mol. The number of nitrogens with one attached hydrogen (secondary N) is 1. The quantitative estimate of drug-likeness (QED) is 0.515. The number of carbonyl (C=O) groups excluding carboxylic acids is 2. The molecule has 1 aliphatic carbocycles. The monoisotopic (exact) mass is 429 g/mol. The molecule has 0 fully saturated rings. The number of nitriles is 1. The fourth-order valence-electron chi connectivity index (χ4n) is 3.23. The van der Waals surface area contributed by atoms with Crippen molar-refractivity contribution >= 4 is 40.0 Å². The molecule has 1 N–H and O–H groups in total. The number of thiophene rings is 1. The van der Waals surface area contributed by atoms with Crippen LogP contribution in [0.2, 0.25) is 0 Å². The van der Waals surface area contributed by atoms with E-state index in [1.807, 2.05) is 6.92 Å². The molecule has 0 saturated heterocycles. The summed E-state index contributed by atoms with van der Waals surface area (Å²) in [7, 11) is 0. The van der Waals surface area contributed by atoms with E-state index >= 15 is 0 Å². The second-order valence-corrected chi connectivity index (χ2v) is 8.89. The van der Waals surface area contributed by atoms with Crippen LogP contribution in [-0.2, 0) is 22.4 Å². The standard InChI is InChI=1S/C21H23N3O3S2/c1-3-27-21(26)18-15-6-4-5-7-16(15)29-20(18)24-17(25)10-11-28-19-14(12-22)9-8-13(2)23-19/h8-9H,3-7,10-11H2,1-2H3,(H,24,25). The van der Waals surface area contributed by atoms with Gasteiger partial charge >= 0.3 is 5.97 Å². The lowest BCUT2D eigenvalue weighted by atomic mass is 9.95. The lowest BCUT2D eigenvalue weighted by molar-refractivity contribution is -0.115. The number of carbonyl (C=O) groups is 2. The zero-order valence-electron chi connectivity index (χ0n) is 16.5. The highest BCUT2D eigenvalue weighted by atomic mass is 32.2. The van der Waals surface area contributed by atoms with E-state index in [2.05, 4.69) is 16.4 Å². The number of hydrogen-bond donors (Lipinski definition) is 1. The van der Waals surface area contributed by atoms with Gasteiger partial charge in [-0.3, -0.25) is 4.79 Å². The molecule has 1 amide bonds. The predicted molar refractivity (Wildman–Crippen MR) is 115 cm³/mol. The minimum absolute atomic E-state index is 0.159. The molecule has 29 heavy (non-hydrogen) atoms. The topological polar surface area (TPSA) is 92.1 Å². The molecule has 0 atom stereocenters. The van der Waals surface area contributed by atoms with E-state index in [1.165, 1.54) is 28.0 Å². The number of nitrogens with zero attached hydrogens (tertiary/aromatic N) is 2. The highest BCUT2D eigenvalue weighted by Crippen LogP contribution is 2.38. The van der Waals surface area contributed by atoms with Crippen molar-refractivity contribution in [3.8, 4) is 6.07 Å². The van der Waals surface area contributed by atoms with Crippen molar-refractivity contribution in [3.63, 3.8) is 0 Å². The zero-order valence-corrected chi connectivity index (χ0v) is 18.2. The Morgan fingerprint density at radius 3 is 2.90 bits per heavy atom. The summed E-state index contributed by atoms with van der Waals surface area (Å²) in [5, 5.41) is 13.3. The molecule has 3 rings (SSSR count). The van der Waals surface area contributed by atoms with Crippen molar-refractivity contribution in [1.29, 1.82) is 5.26 Å². The number of fused-ring (bicyclic) bond motifs is 1. The molecule has 1 aliphatic rings. The van der Waals surface area contributed by atoms with Crippen LogP contribution in [0.15, 0.2) is 17.2 Å². The number of esters is 1. The van der Waals surface area contributed by atoms with Gasteiger partial charge < -0.3 is 10.1 Å². The van der Waals surface area contributed by atoms with Crippen LogP contribution >= 0.6 is 23.1 Å². The van der Waals surface area contributed by atoms with E-state index in [9.17, 15) is 14.9 Å². The SMILES string of the molecule is CCOC(=O)c1c(NC(=O)CCSc2nc(C)ccc2C#N)sc2c1CCCC2. The van der Waals surface area contributed by atoms with E-state index in [0.29, 0.717) is 33.5 Å². The molecule has 0 saturated carbocycles. The van der Waals surface area contributed by atoms with Crippen LogP contribution in [0.5, 0.6) is 0 Å². The van der Waals surface area contributed by atoms with E-state index < -0.39 is 0 Å². The van der Waals surface area contributed by atoms with Gasteiger partial charge in [0.25, 0.3) is 0 Å². The average molecular weight is 430 g/mol. The van der Waals surface area contributed by atoms with Gasteiger partial charge in [0.2, 0.25) is 5.91 Å². The van der Waals surface area contributed by atoms with Gasteiger partial charge in [0.15, 0.2) is 0 Å². The normalized spacial score (nSPS) is 12.7. The van der Waals surface area contributed by atoms with Gasteiger partial charge in [0.1, 0.15) is 16.1 Å². The van der Waals surface area contributed by atoms with Gasteiger partial charge in [-0.05, 0) is 57.2 Å². The zero-order chi connectivity index (χ0) is 20.8. The van der Waals surface area contributed by atoms with Gasteiger partial charge in [-0.1, -0.05) is 0 Å². The van der Waals surface area contributed by atoms with Gasteiger partial charge in [-0.15, -0.1) is 23.1 Å². The minimum atomic E-state index is -0.362. The third-order valence-electron chi connectivity index (χ3n) is 4.59. The second-order valence-electron chi connectivity index (χ2n) is 6.70. The van der Waals surface area contributed by atoms with Gasteiger partial charge in [0, 0.05) is 22.7 Å². The highest BCUT2D eigenvalue weighted by Gasteiger charge is 2.27. The van der Waals surface area contributed by atoms with Crippen molar-refractivity contribution in [1.82, 2.24) is 4.98 Å². The molecule has 2 heterocycles. The maximum atomic E-state index is 12.5. The van der Waals surface area contributed by atoms with Crippen molar-refractivity contribution in [2.75, 3.05) is 17.7 Å². The van der Waals surface area contributed by atoms with Crippen LogP contribution in [0.25, 0.3) is 0 Å². The summed E-state index contributed by atoms with van der Waals surface area (Å²) in [4.78, 5) is 30.5. The Kier molecular flexibility index (Phi) is 7.29. The Balaban J connectivity index is 1.66. The Bertz CT molecular complexity index is 963. The summed E-state index contributed by atoms with van der Waals surface area (Å²) in [5.41, 5.74) is 2.91. The summed E-state index contributed by atoms with van der Waals surface area (Å²) >= 11 is 2.88. The molecule has 0 unspecified atom stereocenters. The first-order chi connectivity index (χ1) is 14.0. The molecule has 0 radical (unpaired) electrons. The summed E-state index contributed by atoms with van der Waals surface area (Å²) in [5.74, 6) is -0.0245. The molecule has 152 valence electrons. The predicted octanol–water partition coefficient (Wildman–Crippen LogP) is 4.50. The Morgan fingerprint density at radius 1 is 1.34 bits per heavy atom. The number of hydrogen-bond acceptors (Lipinski definition) is 7. The van der Waals surface area contributed by atoms with Crippen molar-refractivity contribution in [2.24, 2.45) is 0 Å². The Labute approximate surface area is 178 Å². The third-order valence-corrected chi connectivity index (χ3v) is 6.79. The summed E-state index contributed by atoms with van der Waals surface area (Å²) in [6, 6.07) is 5.67. The summed E-state index contributed by atoms with van der Waals surface area (Å²) < 4.78 is 5.22. The minimum Gasteiger partial charge on any atom is -0.462 e. The Hall–Kier alpha value is -2.37. The number of amides is 1. The first-order valence-electron chi connectivity index (χ1n) is 9.65. The summed E-state index contributed by atoms with van der Waals surface area (Å²) in [6.45, 7) is 3.95. The lowest BCUT2D eigenvalue weighted by Crippen LogP contribution is -2.16. The molecule has 0 bridgehead atoms. The molecule has 6 nitrogen and oxygen atoms in total. The lowest BCUT2D eigenvalue weighted by Gasteiger charge is -2.12. The van der Waals surface area contributed by atoms with E-state index in [0.717, 1.165) is 36.9 Å². The molecular formula is C21H23N3O3S2.